The van der Waals surface area contributed by atoms with Crippen LogP contribution in [0.5, 0.6) is 0 Å². The van der Waals surface area contributed by atoms with Crippen molar-refractivity contribution in [3.8, 4) is 0 Å². The maximum absolute atomic E-state index is 11.1. The lowest BCUT2D eigenvalue weighted by Gasteiger charge is -2.14. The van der Waals surface area contributed by atoms with Gasteiger partial charge in [0.2, 0.25) is 0 Å². The summed E-state index contributed by atoms with van der Waals surface area (Å²) in [5, 5.41) is 3.29. The highest BCUT2D eigenvalue weighted by Crippen LogP contribution is 2.21. The Kier molecular flexibility index (Phi) is 3.98. The molecule has 16 heavy (non-hydrogen) atoms. The molecule has 0 saturated heterocycles. The topological polar surface area (TPSA) is 85.1 Å². The van der Waals surface area contributed by atoms with Crippen molar-refractivity contribution >= 4 is 32.9 Å². The first-order valence-electron chi connectivity index (χ1n) is 4.63. The molecule has 1 atom stereocenters. The van der Waals surface area contributed by atoms with Crippen LogP contribution >= 0.6 is 11.6 Å². The minimum Gasteiger partial charge on any atom is -0.397 e. The Bertz CT molecular complexity index is 476. The van der Waals surface area contributed by atoms with Gasteiger partial charge in [-0.2, -0.15) is 0 Å². The predicted octanol–water partition coefficient (Wildman–Crippen LogP) is 1.16. The highest BCUT2D eigenvalue weighted by Gasteiger charge is 2.12. The van der Waals surface area contributed by atoms with Crippen LogP contribution in [0.1, 0.15) is 6.92 Å². The molecule has 1 heterocycles. The quantitative estimate of drug-likeness (QED) is 0.852. The standard InChI is InChI=1S/C9H14ClN3O2S/c1-6(5-16(2,14)15)13-9-8(10)3-7(11)4-12-9/h3-4,6H,5,11H2,1-2H3,(H,12,13). The fourth-order valence-corrected chi connectivity index (χ4v) is 2.51. The SMILES string of the molecule is CC(CS(C)(=O)=O)Nc1ncc(N)cc1Cl. The van der Waals surface area contributed by atoms with Crippen molar-refractivity contribution < 1.29 is 8.42 Å². The second-order valence-electron chi connectivity index (χ2n) is 3.74. The average molecular weight is 264 g/mol. The molecule has 0 spiro atoms. The largest absolute Gasteiger partial charge is 0.397 e. The van der Waals surface area contributed by atoms with E-state index in [-0.39, 0.29) is 11.8 Å². The fourth-order valence-electron chi connectivity index (χ4n) is 1.29. The van der Waals surface area contributed by atoms with E-state index >= 15 is 0 Å². The smallest absolute Gasteiger partial charge is 0.149 e. The van der Waals surface area contributed by atoms with Crippen molar-refractivity contribution in [1.82, 2.24) is 4.98 Å². The number of anilines is 2. The van der Waals surface area contributed by atoms with Crippen LogP contribution in [0.3, 0.4) is 0 Å². The Morgan fingerprint density at radius 2 is 2.25 bits per heavy atom. The Balaban J connectivity index is 2.73. The summed E-state index contributed by atoms with van der Waals surface area (Å²) in [7, 11) is -3.02. The average Bonchev–Trinajstić information content (AvgIpc) is 2.06. The molecule has 0 aliphatic rings. The van der Waals surface area contributed by atoms with E-state index in [1.54, 1.807) is 13.0 Å². The summed E-state index contributed by atoms with van der Waals surface area (Å²) in [6.45, 7) is 1.75. The third-order valence-corrected chi connectivity index (χ3v) is 3.19. The second kappa shape index (κ2) is 4.88. The number of nitrogens with one attached hydrogen (secondary N) is 1. The van der Waals surface area contributed by atoms with Gasteiger partial charge in [0, 0.05) is 12.3 Å². The first-order valence-corrected chi connectivity index (χ1v) is 7.07. The zero-order valence-corrected chi connectivity index (χ0v) is 10.6. The van der Waals surface area contributed by atoms with Gasteiger partial charge in [-0.3, -0.25) is 0 Å². The molecule has 1 unspecified atom stereocenters. The highest BCUT2D eigenvalue weighted by atomic mass is 35.5. The van der Waals surface area contributed by atoms with Crippen molar-refractivity contribution in [2.24, 2.45) is 0 Å². The molecule has 5 nitrogen and oxygen atoms in total. The van der Waals surface area contributed by atoms with Crippen LogP contribution in [-0.2, 0) is 9.84 Å². The minimum atomic E-state index is -3.02. The lowest BCUT2D eigenvalue weighted by atomic mass is 10.3. The lowest BCUT2D eigenvalue weighted by molar-refractivity contribution is 0.598. The molecule has 1 aromatic rings. The summed E-state index contributed by atoms with van der Waals surface area (Å²) in [5.74, 6) is 0.460. The summed E-state index contributed by atoms with van der Waals surface area (Å²) >= 11 is 5.89. The summed E-state index contributed by atoms with van der Waals surface area (Å²) in [6.07, 6.45) is 2.64. The van der Waals surface area contributed by atoms with Gasteiger partial charge < -0.3 is 11.1 Å². The Labute approximate surface area is 99.9 Å². The Morgan fingerprint density at radius 3 is 2.75 bits per heavy atom. The third kappa shape index (κ3) is 4.24. The fraction of sp³-hybridized carbons (Fsp3) is 0.444. The van der Waals surface area contributed by atoms with Crippen LogP contribution in [0.4, 0.5) is 11.5 Å². The van der Waals surface area contributed by atoms with E-state index in [4.69, 9.17) is 17.3 Å². The normalized spacial score (nSPS) is 13.4. The van der Waals surface area contributed by atoms with Crippen molar-refractivity contribution in [3.63, 3.8) is 0 Å². The molecule has 0 fully saturated rings. The Morgan fingerprint density at radius 1 is 1.62 bits per heavy atom. The van der Waals surface area contributed by atoms with Crippen LogP contribution in [0, 0.1) is 0 Å². The molecule has 0 bridgehead atoms. The number of hydrogen-bond donors (Lipinski definition) is 2. The van der Waals surface area contributed by atoms with E-state index in [1.807, 2.05) is 0 Å². The first kappa shape index (κ1) is 13.1. The number of nitrogens with two attached hydrogens (primary N) is 1. The molecule has 90 valence electrons. The molecule has 0 aromatic carbocycles. The monoisotopic (exact) mass is 263 g/mol. The van der Waals surface area contributed by atoms with E-state index < -0.39 is 9.84 Å². The number of sulfone groups is 1. The van der Waals surface area contributed by atoms with Crippen LogP contribution in [0.25, 0.3) is 0 Å². The number of pyridine rings is 1. The van der Waals surface area contributed by atoms with Gasteiger partial charge in [-0.15, -0.1) is 0 Å². The number of rotatable bonds is 4. The van der Waals surface area contributed by atoms with Crippen LogP contribution in [0.15, 0.2) is 12.3 Å². The maximum Gasteiger partial charge on any atom is 0.149 e. The van der Waals surface area contributed by atoms with Crippen molar-refractivity contribution in [2.75, 3.05) is 23.1 Å². The number of nitrogen functional groups attached to an aromatic ring is 1. The zero-order valence-electron chi connectivity index (χ0n) is 9.07. The number of hydrogen-bond acceptors (Lipinski definition) is 5. The van der Waals surface area contributed by atoms with Crippen molar-refractivity contribution in [1.29, 1.82) is 0 Å². The van der Waals surface area contributed by atoms with Crippen LogP contribution in [-0.4, -0.2) is 31.5 Å². The first-order chi connectivity index (χ1) is 7.28. The predicted molar refractivity (Wildman–Crippen MR) is 66.5 cm³/mol. The van der Waals surface area contributed by atoms with Gasteiger partial charge in [0.05, 0.1) is 22.7 Å². The minimum absolute atomic E-state index is 0.0232. The maximum atomic E-state index is 11.1. The third-order valence-electron chi connectivity index (χ3n) is 1.80. The van der Waals surface area contributed by atoms with E-state index in [0.29, 0.717) is 16.5 Å². The molecule has 0 aliphatic carbocycles. The van der Waals surface area contributed by atoms with E-state index in [9.17, 15) is 8.42 Å². The van der Waals surface area contributed by atoms with Crippen LogP contribution in [0.2, 0.25) is 5.02 Å². The van der Waals surface area contributed by atoms with Gasteiger partial charge >= 0.3 is 0 Å². The zero-order chi connectivity index (χ0) is 12.3. The molecule has 1 aromatic heterocycles. The Hall–Kier alpha value is -1.01. The molecular weight excluding hydrogens is 250 g/mol. The summed E-state index contributed by atoms with van der Waals surface area (Å²) in [5.41, 5.74) is 5.95. The van der Waals surface area contributed by atoms with Gasteiger partial charge in [-0.1, -0.05) is 11.6 Å². The van der Waals surface area contributed by atoms with Gasteiger partial charge in [-0.05, 0) is 13.0 Å². The second-order valence-corrected chi connectivity index (χ2v) is 6.33. The number of nitrogens with zero attached hydrogens (tertiary/aromatic N) is 1. The molecule has 0 amide bonds. The van der Waals surface area contributed by atoms with Crippen LogP contribution < -0.4 is 11.1 Å². The molecule has 1 rings (SSSR count). The molecule has 3 N–H and O–H groups in total. The molecule has 0 radical (unpaired) electrons. The van der Waals surface area contributed by atoms with E-state index in [1.165, 1.54) is 12.5 Å². The van der Waals surface area contributed by atoms with E-state index in [0.717, 1.165) is 0 Å². The molecule has 0 aliphatic heterocycles. The van der Waals surface area contributed by atoms with Gasteiger partial charge in [0.15, 0.2) is 0 Å². The van der Waals surface area contributed by atoms with Gasteiger partial charge in [-0.25, -0.2) is 13.4 Å². The van der Waals surface area contributed by atoms with Gasteiger partial charge in [0.25, 0.3) is 0 Å². The summed E-state index contributed by atoms with van der Waals surface area (Å²) in [6, 6.07) is 1.30. The van der Waals surface area contributed by atoms with E-state index in [2.05, 4.69) is 10.3 Å². The lowest BCUT2D eigenvalue weighted by Crippen LogP contribution is -2.25. The number of aromatic nitrogens is 1. The number of halogens is 1. The highest BCUT2D eigenvalue weighted by molar-refractivity contribution is 7.90. The van der Waals surface area contributed by atoms with Crippen molar-refractivity contribution in [2.45, 2.75) is 13.0 Å². The summed E-state index contributed by atoms with van der Waals surface area (Å²) in [4.78, 5) is 3.98. The van der Waals surface area contributed by atoms with Gasteiger partial charge in [0.1, 0.15) is 15.7 Å². The molecule has 7 heteroatoms. The molecule has 0 saturated carbocycles. The molecular formula is C9H14ClN3O2S. The summed E-state index contributed by atoms with van der Waals surface area (Å²) < 4.78 is 22.1. The van der Waals surface area contributed by atoms with Crippen molar-refractivity contribution in [3.05, 3.63) is 17.3 Å².